The summed E-state index contributed by atoms with van der Waals surface area (Å²) in [7, 11) is 0. The quantitative estimate of drug-likeness (QED) is 0.714. The first-order chi connectivity index (χ1) is 7.21. The molecule has 0 aliphatic heterocycles. The summed E-state index contributed by atoms with van der Waals surface area (Å²) in [5, 5.41) is 2.89. The van der Waals surface area contributed by atoms with Crippen molar-refractivity contribution in [2.45, 2.75) is 51.2 Å². The van der Waals surface area contributed by atoms with Crippen molar-refractivity contribution in [3.8, 4) is 0 Å². The van der Waals surface area contributed by atoms with Gasteiger partial charge in [-0.1, -0.05) is 6.92 Å². The highest BCUT2D eigenvalue weighted by Gasteiger charge is 2.33. The second-order valence-corrected chi connectivity index (χ2v) is 4.09. The molecular weight excluding hydrogens is 221 g/mol. The zero-order chi connectivity index (χ0) is 12.8. The molecule has 0 aliphatic carbocycles. The fourth-order valence-corrected chi connectivity index (χ4v) is 1.34. The van der Waals surface area contributed by atoms with Crippen LogP contribution in [0.2, 0.25) is 0 Å². The van der Waals surface area contributed by atoms with Crippen LogP contribution in [0.4, 0.5) is 13.2 Å². The number of alkyl halides is 3. The summed E-state index contributed by atoms with van der Waals surface area (Å²) >= 11 is 0. The van der Waals surface area contributed by atoms with Crippen LogP contribution in [0.1, 0.15) is 39.5 Å². The van der Waals surface area contributed by atoms with Crippen LogP contribution in [0.3, 0.4) is 0 Å². The molecule has 1 unspecified atom stereocenters. The number of rotatable bonds is 7. The number of carbonyl (C=O) groups is 1. The van der Waals surface area contributed by atoms with Gasteiger partial charge in [0.15, 0.2) is 0 Å². The second-order valence-electron chi connectivity index (χ2n) is 4.09. The smallest absolute Gasteiger partial charge is 0.368 e. The molecule has 1 atom stereocenters. The fraction of sp³-hybridized carbons (Fsp3) is 0.900. The van der Waals surface area contributed by atoms with E-state index in [4.69, 9.17) is 5.73 Å². The lowest BCUT2D eigenvalue weighted by Gasteiger charge is -2.27. The van der Waals surface area contributed by atoms with Gasteiger partial charge in [0.1, 0.15) is 0 Å². The standard InChI is InChI=1S/C10H19F3N2O/c1-3-7-15-9(2,8(14)16)5-4-6-10(11,12)13/h15H,3-7H2,1-2H3,(H2,14,16). The van der Waals surface area contributed by atoms with Gasteiger partial charge >= 0.3 is 6.18 Å². The average molecular weight is 240 g/mol. The van der Waals surface area contributed by atoms with E-state index in [1.165, 1.54) is 0 Å². The van der Waals surface area contributed by atoms with Crippen LogP contribution < -0.4 is 11.1 Å². The number of nitrogens with one attached hydrogen (secondary N) is 1. The number of halogens is 3. The van der Waals surface area contributed by atoms with Crippen molar-refractivity contribution < 1.29 is 18.0 Å². The zero-order valence-corrected chi connectivity index (χ0v) is 9.66. The molecule has 3 N–H and O–H groups in total. The maximum Gasteiger partial charge on any atom is 0.389 e. The Kier molecular flexibility index (Phi) is 5.78. The lowest BCUT2D eigenvalue weighted by Crippen LogP contribution is -2.53. The Bertz CT molecular complexity index is 231. The Labute approximate surface area is 93.6 Å². The molecule has 0 spiro atoms. The van der Waals surface area contributed by atoms with Crippen LogP contribution in [0, 0.1) is 0 Å². The number of nitrogens with two attached hydrogens (primary N) is 1. The summed E-state index contributed by atoms with van der Waals surface area (Å²) in [5.41, 5.74) is 4.14. The Morgan fingerprint density at radius 1 is 1.31 bits per heavy atom. The van der Waals surface area contributed by atoms with Crippen LogP contribution in [0.5, 0.6) is 0 Å². The van der Waals surface area contributed by atoms with Gasteiger partial charge < -0.3 is 11.1 Å². The van der Waals surface area contributed by atoms with Crippen molar-refractivity contribution in [3.63, 3.8) is 0 Å². The second kappa shape index (κ2) is 6.08. The summed E-state index contributed by atoms with van der Waals surface area (Å²) < 4.78 is 35.8. The molecule has 0 fully saturated rings. The van der Waals surface area contributed by atoms with E-state index >= 15 is 0 Å². The van der Waals surface area contributed by atoms with Gasteiger partial charge in [0.2, 0.25) is 5.91 Å². The van der Waals surface area contributed by atoms with Crippen LogP contribution in [-0.4, -0.2) is 24.2 Å². The van der Waals surface area contributed by atoms with Gasteiger partial charge in [-0.15, -0.1) is 0 Å². The third kappa shape index (κ3) is 5.95. The maximum atomic E-state index is 11.9. The van der Waals surface area contributed by atoms with E-state index in [0.29, 0.717) is 6.54 Å². The number of hydrogen-bond donors (Lipinski definition) is 2. The summed E-state index contributed by atoms with van der Waals surface area (Å²) in [4.78, 5) is 11.2. The largest absolute Gasteiger partial charge is 0.389 e. The van der Waals surface area contributed by atoms with Gasteiger partial charge in [0.25, 0.3) is 0 Å². The van der Waals surface area contributed by atoms with E-state index in [-0.39, 0.29) is 12.8 Å². The first-order valence-corrected chi connectivity index (χ1v) is 5.33. The molecular formula is C10H19F3N2O. The molecule has 0 bridgehead atoms. The third-order valence-electron chi connectivity index (χ3n) is 2.45. The van der Waals surface area contributed by atoms with Crippen molar-refractivity contribution in [3.05, 3.63) is 0 Å². The van der Waals surface area contributed by atoms with E-state index in [0.717, 1.165) is 6.42 Å². The maximum absolute atomic E-state index is 11.9. The molecule has 0 aromatic carbocycles. The van der Waals surface area contributed by atoms with Gasteiger partial charge in [-0.3, -0.25) is 4.79 Å². The molecule has 0 aromatic rings. The van der Waals surface area contributed by atoms with Crippen LogP contribution in [0.25, 0.3) is 0 Å². The topological polar surface area (TPSA) is 55.1 Å². The molecule has 0 heterocycles. The normalized spacial score (nSPS) is 15.8. The minimum absolute atomic E-state index is 0.0976. The Hall–Kier alpha value is -0.780. The number of amides is 1. The van der Waals surface area contributed by atoms with Gasteiger partial charge in [-0.05, 0) is 32.7 Å². The molecule has 0 radical (unpaired) electrons. The Morgan fingerprint density at radius 3 is 2.25 bits per heavy atom. The lowest BCUT2D eigenvalue weighted by molar-refractivity contribution is -0.138. The minimum Gasteiger partial charge on any atom is -0.368 e. The van der Waals surface area contributed by atoms with Crippen molar-refractivity contribution in [2.24, 2.45) is 5.73 Å². The molecule has 0 aromatic heterocycles. The lowest BCUT2D eigenvalue weighted by atomic mass is 9.93. The Morgan fingerprint density at radius 2 is 1.88 bits per heavy atom. The van der Waals surface area contributed by atoms with E-state index < -0.39 is 24.0 Å². The molecule has 3 nitrogen and oxygen atoms in total. The first kappa shape index (κ1) is 15.2. The van der Waals surface area contributed by atoms with Gasteiger partial charge in [0.05, 0.1) is 5.54 Å². The molecule has 0 rings (SSSR count). The van der Waals surface area contributed by atoms with Gasteiger partial charge in [-0.2, -0.15) is 13.2 Å². The summed E-state index contributed by atoms with van der Waals surface area (Å²) in [6.45, 7) is 4.01. The summed E-state index contributed by atoms with van der Waals surface area (Å²) in [6, 6.07) is 0. The highest BCUT2D eigenvalue weighted by atomic mass is 19.4. The molecule has 0 saturated carbocycles. The average Bonchev–Trinajstić information content (AvgIpc) is 2.12. The molecule has 6 heteroatoms. The number of carbonyl (C=O) groups excluding carboxylic acids is 1. The highest BCUT2D eigenvalue weighted by Crippen LogP contribution is 2.24. The number of hydrogen-bond acceptors (Lipinski definition) is 2. The monoisotopic (exact) mass is 240 g/mol. The van der Waals surface area contributed by atoms with E-state index in [2.05, 4.69) is 5.32 Å². The van der Waals surface area contributed by atoms with Crippen LogP contribution >= 0.6 is 0 Å². The molecule has 0 saturated heterocycles. The predicted molar refractivity (Wildman–Crippen MR) is 55.8 cm³/mol. The fourth-order valence-electron chi connectivity index (χ4n) is 1.34. The molecule has 16 heavy (non-hydrogen) atoms. The molecule has 96 valence electrons. The highest BCUT2D eigenvalue weighted by molar-refractivity contribution is 5.84. The van der Waals surface area contributed by atoms with Crippen molar-refractivity contribution in [2.75, 3.05) is 6.54 Å². The van der Waals surface area contributed by atoms with Crippen molar-refractivity contribution in [1.29, 1.82) is 0 Å². The van der Waals surface area contributed by atoms with Crippen molar-refractivity contribution in [1.82, 2.24) is 5.32 Å². The summed E-state index contributed by atoms with van der Waals surface area (Å²) in [5.74, 6) is -0.608. The Balaban J connectivity index is 4.18. The minimum atomic E-state index is -4.18. The van der Waals surface area contributed by atoms with Crippen LogP contribution in [0.15, 0.2) is 0 Å². The van der Waals surface area contributed by atoms with Crippen LogP contribution in [-0.2, 0) is 4.79 Å². The van der Waals surface area contributed by atoms with E-state index in [9.17, 15) is 18.0 Å². The SMILES string of the molecule is CCCNC(C)(CCCC(F)(F)F)C(N)=O. The zero-order valence-electron chi connectivity index (χ0n) is 9.66. The molecule has 0 aliphatic rings. The van der Waals surface area contributed by atoms with E-state index in [1.807, 2.05) is 6.92 Å². The summed E-state index contributed by atoms with van der Waals surface area (Å²) in [6.07, 6.45) is -4.27. The third-order valence-corrected chi connectivity index (χ3v) is 2.45. The van der Waals surface area contributed by atoms with Gasteiger partial charge in [-0.25, -0.2) is 0 Å². The number of primary amides is 1. The first-order valence-electron chi connectivity index (χ1n) is 5.33. The van der Waals surface area contributed by atoms with E-state index in [1.54, 1.807) is 6.92 Å². The molecule has 1 amide bonds. The van der Waals surface area contributed by atoms with Gasteiger partial charge in [0, 0.05) is 6.42 Å². The van der Waals surface area contributed by atoms with Crippen molar-refractivity contribution >= 4 is 5.91 Å². The predicted octanol–water partition coefficient (Wildman–Crippen LogP) is 1.96.